The van der Waals surface area contributed by atoms with Gasteiger partial charge in [-0.25, -0.2) is 23.1 Å². The summed E-state index contributed by atoms with van der Waals surface area (Å²) in [5.74, 6) is 0.834. The van der Waals surface area contributed by atoms with Gasteiger partial charge in [0.2, 0.25) is 5.95 Å². The number of rotatable bonds is 8. The second-order valence-corrected chi connectivity index (χ2v) is 9.22. The van der Waals surface area contributed by atoms with Gasteiger partial charge in [0.1, 0.15) is 18.1 Å². The molecule has 0 spiro atoms. The molecule has 0 fully saturated rings. The molecule has 0 unspecified atom stereocenters. The molecule has 4 aromatic rings. The van der Waals surface area contributed by atoms with Crippen LogP contribution in [0.25, 0.3) is 0 Å². The van der Waals surface area contributed by atoms with Crippen molar-refractivity contribution >= 4 is 27.6 Å². The fourth-order valence-electron chi connectivity index (χ4n) is 3.19. The minimum atomic E-state index is -3.86. The molecular formula is C24H22N4O5S. The zero-order chi connectivity index (χ0) is 24.1. The lowest BCUT2D eigenvalue weighted by Gasteiger charge is -2.08. The Bertz CT molecular complexity index is 1380. The molecule has 34 heavy (non-hydrogen) atoms. The van der Waals surface area contributed by atoms with Crippen molar-refractivity contribution in [2.75, 3.05) is 10.0 Å². The largest absolute Gasteiger partial charge is 0.486 e. The lowest BCUT2D eigenvalue weighted by atomic mass is 10.1. The third-order valence-corrected chi connectivity index (χ3v) is 6.02. The van der Waals surface area contributed by atoms with Crippen molar-refractivity contribution in [3.8, 4) is 5.75 Å². The molecule has 4 rings (SSSR count). The lowest BCUT2D eigenvalue weighted by molar-refractivity contribution is 0.0992. The molecule has 1 amide bonds. The maximum Gasteiger partial charge on any atom is 0.291 e. The molecular weight excluding hydrogens is 456 g/mol. The molecule has 10 heteroatoms. The zero-order valence-corrected chi connectivity index (χ0v) is 19.3. The van der Waals surface area contributed by atoms with Crippen molar-refractivity contribution in [1.82, 2.24) is 9.97 Å². The Labute approximate surface area is 196 Å². The van der Waals surface area contributed by atoms with Gasteiger partial charge in [0.05, 0.1) is 4.90 Å². The summed E-state index contributed by atoms with van der Waals surface area (Å²) in [5.41, 5.74) is 2.60. The molecule has 9 nitrogen and oxygen atoms in total. The summed E-state index contributed by atoms with van der Waals surface area (Å²) >= 11 is 0. The van der Waals surface area contributed by atoms with E-state index in [1.54, 1.807) is 18.2 Å². The van der Waals surface area contributed by atoms with Crippen LogP contribution in [0.3, 0.4) is 0 Å². The van der Waals surface area contributed by atoms with E-state index in [1.165, 1.54) is 36.7 Å². The van der Waals surface area contributed by atoms with Gasteiger partial charge >= 0.3 is 0 Å². The predicted octanol–water partition coefficient (Wildman–Crippen LogP) is 4.32. The van der Waals surface area contributed by atoms with Crippen LogP contribution < -0.4 is 14.8 Å². The Kier molecular flexibility index (Phi) is 6.60. The molecule has 0 saturated heterocycles. The Balaban J connectivity index is 1.36. The molecule has 2 aromatic heterocycles. The van der Waals surface area contributed by atoms with Gasteiger partial charge in [-0.1, -0.05) is 6.07 Å². The molecule has 174 valence electrons. The van der Waals surface area contributed by atoms with Crippen LogP contribution in [0.4, 0.5) is 11.6 Å². The number of sulfonamides is 1. The van der Waals surface area contributed by atoms with Gasteiger partial charge in [-0.3, -0.25) is 4.79 Å². The summed E-state index contributed by atoms with van der Waals surface area (Å²) in [6.45, 7) is 4.16. The first-order valence-corrected chi connectivity index (χ1v) is 11.8. The first kappa shape index (κ1) is 23.0. The Hall–Kier alpha value is -4.18. The number of nitrogens with zero attached hydrogens (tertiary/aromatic N) is 2. The SMILES string of the molecule is Cc1cc(C)cc(OCc2ccc(C(=O)Nc3ccc(S(=O)(=O)Nc4ncccn4)cc3)o2)c1. The highest BCUT2D eigenvalue weighted by molar-refractivity contribution is 7.92. The molecule has 0 saturated carbocycles. The number of benzene rings is 2. The Morgan fingerprint density at radius 3 is 2.32 bits per heavy atom. The number of aromatic nitrogens is 2. The van der Waals surface area contributed by atoms with E-state index in [9.17, 15) is 13.2 Å². The fraction of sp³-hybridized carbons (Fsp3) is 0.125. The van der Waals surface area contributed by atoms with Crippen LogP contribution in [0, 0.1) is 13.8 Å². The standard InChI is InChI=1S/C24H22N4O5S/c1-16-12-17(2)14-20(13-16)32-15-19-6-9-22(33-19)23(29)27-18-4-7-21(8-5-18)34(30,31)28-24-25-10-3-11-26-24/h3-14H,15H2,1-2H3,(H,27,29)(H,25,26,28). The summed E-state index contributed by atoms with van der Waals surface area (Å²) in [7, 11) is -3.86. The number of carbonyl (C=O) groups is 1. The third kappa shape index (κ3) is 5.78. The van der Waals surface area contributed by atoms with E-state index < -0.39 is 15.9 Å². The summed E-state index contributed by atoms with van der Waals surface area (Å²) in [4.78, 5) is 20.2. The van der Waals surface area contributed by atoms with E-state index >= 15 is 0 Å². The minimum absolute atomic E-state index is 0.00164. The van der Waals surface area contributed by atoms with Crippen molar-refractivity contribution < 1.29 is 22.4 Å². The number of ether oxygens (including phenoxy) is 1. The molecule has 0 aliphatic heterocycles. The van der Waals surface area contributed by atoms with Crippen molar-refractivity contribution in [1.29, 1.82) is 0 Å². The van der Waals surface area contributed by atoms with E-state index in [4.69, 9.17) is 9.15 Å². The highest BCUT2D eigenvalue weighted by atomic mass is 32.2. The van der Waals surface area contributed by atoms with Crippen LogP contribution in [0.15, 0.2) is 82.4 Å². The number of nitrogens with one attached hydrogen (secondary N) is 2. The van der Waals surface area contributed by atoms with Gasteiger partial charge in [0.25, 0.3) is 15.9 Å². The summed E-state index contributed by atoms with van der Waals surface area (Å²) in [6, 6.07) is 16.4. The number of hydrogen-bond acceptors (Lipinski definition) is 7. The summed E-state index contributed by atoms with van der Waals surface area (Å²) < 4.78 is 38.5. The van der Waals surface area contributed by atoms with E-state index in [0.717, 1.165) is 16.9 Å². The van der Waals surface area contributed by atoms with Crippen molar-refractivity contribution in [3.63, 3.8) is 0 Å². The number of anilines is 2. The molecule has 2 aromatic carbocycles. The van der Waals surface area contributed by atoms with Crippen molar-refractivity contribution in [2.24, 2.45) is 0 Å². The van der Waals surface area contributed by atoms with E-state index in [1.807, 2.05) is 26.0 Å². The van der Waals surface area contributed by atoms with E-state index in [-0.39, 0.29) is 23.2 Å². The summed E-state index contributed by atoms with van der Waals surface area (Å²) in [5, 5.41) is 2.68. The smallest absolute Gasteiger partial charge is 0.291 e. The number of carbonyl (C=O) groups excluding carboxylic acids is 1. The average Bonchev–Trinajstić information content (AvgIpc) is 3.27. The molecule has 2 heterocycles. The van der Waals surface area contributed by atoms with Crippen LogP contribution in [-0.4, -0.2) is 24.3 Å². The van der Waals surface area contributed by atoms with E-state index in [2.05, 4.69) is 26.1 Å². The van der Waals surface area contributed by atoms with Crippen molar-refractivity contribution in [3.05, 3.63) is 95.7 Å². The Morgan fingerprint density at radius 2 is 1.65 bits per heavy atom. The summed E-state index contributed by atoms with van der Waals surface area (Å²) in [6.07, 6.45) is 2.86. The maximum absolute atomic E-state index is 12.5. The van der Waals surface area contributed by atoms with Crippen LogP contribution in [0.2, 0.25) is 0 Å². The first-order chi connectivity index (χ1) is 16.3. The van der Waals surface area contributed by atoms with Gasteiger partial charge < -0.3 is 14.5 Å². The van der Waals surface area contributed by atoms with Crippen LogP contribution >= 0.6 is 0 Å². The molecule has 0 bridgehead atoms. The zero-order valence-electron chi connectivity index (χ0n) is 18.5. The van der Waals surface area contributed by atoms with E-state index in [0.29, 0.717) is 11.4 Å². The topological polar surface area (TPSA) is 123 Å². The molecule has 0 atom stereocenters. The minimum Gasteiger partial charge on any atom is -0.486 e. The number of furan rings is 1. The second-order valence-electron chi connectivity index (χ2n) is 7.53. The highest BCUT2D eigenvalue weighted by Crippen LogP contribution is 2.20. The second kappa shape index (κ2) is 9.75. The van der Waals surface area contributed by atoms with Gasteiger partial charge in [0.15, 0.2) is 5.76 Å². The first-order valence-electron chi connectivity index (χ1n) is 10.3. The van der Waals surface area contributed by atoms with Gasteiger partial charge in [-0.05, 0) is 79.6 Å². The van der Waals surface area contributed by atoms with Crippen LogP contribution in [0.1, 0.15) is 27.4 Å². The fourth-order valence-corrected chi connectivity index (χ4v) is 4.15. The lowest BCUT2D eigenvalue weighted by Crippen LogP contribution is -2.15. The van der Waals surface area contributed by atoms with Gasteiger partial charge in [-0.15, -0.1) is 0 Å². The number of hydrogen-bond donors (Lipinski definition) is 2. The Morgan fingerprint density at radius 1 is 0.971 bits per heavy atom. The highest BCUT2D eigenvalue weighted by Gasteiger charge is 2.16. The molecule has 0 aliphatic rings. The maximum atomic E-state index is 12.5. The number of aryl methyl sites for hydroxylation is 2. The van der Waals surface area contributed by atoms with Gasteiger partial charge in [-0.2, -0.15) is 0 Å². The monoisotopic (exact) mass is 478 g/mol. The third-order valence-electron chi connectivity index (χ3n) is 4.68. The molecule has 2 N–H and O–H groups in total. The van der Waals surface area contributed by atoms with Crippen molar-refractivity contribution in [2.45, 2.75) is 25.3 Å². The molecule has 0 radical (unpaired) electrons. The van der Waals surface area contributed by atoms with Crippen LogP contribution in [0.5, 0.6) is 5.75 Å². The normalized spacial score (nSPS) is 11.1. The van der Waals surface area contributed by atoms with Gasteiger partial charge in [0, 0.05) is 18.1 Å². The quantitative estimate of drug-likeness (QED) is 0.387. The van der Waals surface area contributed by atoms with Crippen LogP contribution in [-0.2, 0) is 16.6 Å². The number of amides is 1. The average molecular weight is 479 g/mol. The molecule has 0 aliphatic carbocycles. The predicted molar refractivity (Wildman–Crippen MR) is 126 cm³/mol.